The van der Waals surface area contributed by atoms with Gasteiger partial charge in [0.15, 0.2) is 0 Å². The number of hydrogen-bond acceptors (Lipinski definition) is 2. The monoisotopic (exact) mass is 115 g/mol. The molecular weight excluding hydrogens is 105 g/mol. The zero-order valence-electron chi connectivity index (χ0n) is 3.42. The summed E-state index contributed by atoms with van der Waals surface area (Å²) in [7, 11) is 0. The van der Waals surface area contributed by atoms with Crippen LogP contribution in [0.3, 0.4) is 0 Å². The smallest absolute Gasteiger partial charge is 0.0814 e. The Hall–Kier alpha value is -0.275. The molecule has 3 N–H and O–H groups in total. The highest BCUT2D eigenvalue weighted by Gasteiger charge is 1.58. The van der Waals surface area contributed by atoms with E-state index < -0.39 is 0 Å². The zero-order chi connectivity index (χ0) is 3.54. The van der Waals surface area contributed by atoms with Crippen LogP contribution in [-0.2, 0) is 0 Å². The molecule has 0 aromatic carbocycles. The van der Waals surface area contributed by atoms with Crippen LogP contribution in [0.1, 0.15) is 0 Å². The van der Waals surface area contributed by atoms with Gasteiger partial charge < -0.3 is 6.15 Å². The Kier molecular flexibility index (Phi) is 8.07. The number of thiophene rings is 1. The fourth-order valence-electron chi connectivity index (χ4n) is 0.227. The first-order valence-corrected chi connectivity index (χ1v) is 2.41. The van der Waals surface area contributed by atoms with Gasteiger partial charge in [-0.2, -0.15) is 11.3 Å². The Bertz CT molecular complexity index is 68.2. The van der Waals surface area contributed by atoms with Gasteiger partial charge in [0.2, 0.25) is 0 Å². The highest BCUT2D eigenvalue weighted by molar-refractivity contribution is 7.07. The average molecular weight is 115 g/mol. The van der Waals surface area contributed by atoms with Gasteiger partial charge in [-0.05, 0) is 10.8 Å². The standard InChI is InChI=1S/C4H4S.BH3.H3N/c1-2-4-5-3-1;;/h1-4H;2*1H3. The third-order valence-electron chi connectivity index (χ3n) is 0.425. The Morgan fingerprint density at radius 3 is 1.57 bits per heavy atom. The summed E-state index contributed by atoms with van der Waals surface area (Å²) in [6.07, 6.45) is 0. The zero-order valence-corrected chi connectivity index (χ0v) is 4.24. The van der Waals surface area contributed by atoms with E-state index in [0.717, 1.165) is 0 Å². The largest absolute Gasteiger partial charge is 0.344 e. The fourth-order valence-corrected chi connectivity index (χ4v) is 0.680. The normalized spacial score (nSPS) is 5.71. The van der Waals surface area contributed by atoms with Crippen molar-refractivity contribution in [2.75, 3.05) is 0 Å². The Labute approximate surface area is 49.5 Å². The van der Waals surface area contributed by atoms with E-state index in [1.165, 1.54) is 0 Å². The average Bonchev–Trinajstić information content (AvgIpc) is 1.76. The predicted octanol–water partition coefficient (Wildman–Crippen LogP) is 0.726. The lowest BCUT2D eigenvalue weighted by Gasteiger charge is -1.39. The van der Waals surface area contributed by atoms with Crippen LogP contribution in [0.25, 0.3) is 0 Å². The van der Waals surface area contributed by atoms with Crippen LogP contribution < -0.4 is 6.15 Å². The summed E-state index contributed by atoms with van der Waals surface area (Å²) in [5.74, 6) is 0. The molecule has 0 saturated carbocycles. The molecule has 0 aliphatic rings. The fraction of sp³-hybridized carbons (Fsp3) is 0. The minimum Gasteiger partial charge on any atom is -0.344 e. The Morgan fingerprint density at radius 2 is 1.43 bits per heavy atom. The van der Waals surface area contributed by atoms with Crippen LogP contribution in [0.2, 0.25) is 0 Å². The summed E-state index contributed by atoms with van der Waals surface area (Å²) in [5, 5.41) is 4.08. The molecule has 1 rings (SSSR count). The molecular formula is C4H10BNS. The maximum atomic E-state index is 2.04. The molecule has 1 nitrogen and oxygen atoms in total. The molecule has 0 radical (unpaired) electrons. The third kappa shape index (κ3) is 3.56. The van der Waals surface area contributed by atoms with Crippen LogP contribution >= 0.6 is 11.3 Å². The van der Waals surface area contributed by atoms with E-state index >= 15 is 0 Å². The highest BCUT2D eigenvalue weighted by Crippen LogP contribution is 1.91. The van der Waals surface area contributed by atoms with Gasteiger partial charge in [0.05, 0.1) is 8.41 Å². The minimum absolute atomic E-state index is 0. The van der Waals surface area contributed by atoms with Gasteiger partial charge in [0.25, 0.3) is 0 Å². The summed E-state index contributed by atoms with van der Waals surface area (Å²) in [4.78, 5) is 0. The van der Waals surface area contributed by atoms with Crippen LogP contribution in [0, 0.1) is 0 Å². The van der Waals surface area contributed by atoms with Crippen molar-refractivity contribution < 1.29 is 0 Å². The lowest BCUT2D eigenvalue weighted by Crippen LogP contribution is -1.16. The van der Waals surface area contributed by atoms with Crippen LogP contribution in [0.15, 0.2) is 22.9 Å². The first-order chi connectivity index (χ1) is 2.50. The van der Waals surface area contributed by atoms with Crippen molar-refractivity contribution in [1.29, 1.82) is 0 Å². The molecule has 3 heteroatoms. The van der Waals surface area contributed by atoms with E-state index in [1.807, 2.05) is 22.9 Å². The van der Waals surface area contributed by atoms with E-state index in [-0.39, 0.29) is 14.6 Å². The topological polar surface area (TPSA) is 35.0 Å². The molecule has 0 amide bonds. The highest BCUT2D eigenvalue weighted by atomic mass is 32.1. The van der Waals surface area contributed by atoms with Gasteiger partial charge in [-0.15, -0.1) is 0 Å². The lowest BCUT2D eigenvalue weighted by atomic mass is 10.7. The van der Waals surface area contributed by atoms with Gasteiger partial charge in [0, 0.05) is 0 Å². The van der Waals surface area contributed by atoms with E-state index in [0.29, 0.717) is 0 Å². The maximum absolute atomic E-state index is 2.04. The molecule has 0 bridgehead atoms. The van der Waals surface area contributed by atoms with Gasteiger partial charge in [-0.1, -0.05) is 12.1 Å². The van der Waals surface area contributed by atoms with Gasteiger partial charge >= 0.3 is 0 Å². The van der Waals surface area contributed by atoms with Crippen molar-refractivity contribution in [2.24, 2.45) is 0 Å². The first-order valence-electron chi connectivity index (χ1n) is 1.47. The summed E-state index contributed by atoms with van der Waals surface area (Å²) in [5.41, 5.74) is 0. The van der Waals surface area contributed by atoms with Crippen molar-refractivity contribution in [3.63, 3.8) is 0 Å². The molecule has 40 valence electrons. The second kappa shape index (κ2) is 5.72. The quantitative estimate of drug-likeness (QED) is 0.497. The van der Waals surface area contributed by atoms with Gasteiger partial charge in [-0.3, -0.25) is 0 Å². The van der Waals surface area contributed by atoms with E-state index in [4.69, 9.17) is 0 Å². The number of hydrogen-bond donors (Lipinski definition) is 1. The molecule has 1 aromatic heterocycles. The Balaban J connectivity index is 0. The Morgan fingerprint density at radius 1 is 1.00 bits per heavy atom. The molecule has 0 fully saturated rings. The van der Waals surface area contributed by atoms with Crippen LogP contribution in [0.5, 0.6) is 0 Å². The van der Waals surface area contributed by atoms with E-state index in [9.17, 15) is 0 Å². The number of rotatable bonds is 0. The van der Waals surface area contributed by atoms with Crippen molar-refractivity contribution >= 4 is 19.7 Å². The second-order valence-electron chi connectivity index (χ2n) is 0.793. The van der Waals surface area contributed by atoms with Crippen molar-refractivity contribution in [3.8, 4) is 0 Å². The van der Waals surface area contributed by atoms with Crippen molar-refractivity contribution in [1.82, 2.24) is 6.15 Å². The molecule has 0 saturated heterocycles. The van der Waals surface area contributed by atoms with Crippen LogP contribution in [0.4, 0.5) is 0 Å². The molecule has 0 unspecified atom stereocenters. The van der Waals surface area contributed by atoms with E-state index in [2.05, 4.69) is 0 Å². The molecule has 0 aliphatic heterocycles. The molecule has 1 aromatic rings. The molecule has 7 heavy (non-hydrogen) atoms. The minimum atomic E-state index is 0. The maximum Gasteiger partial charge on any atom is 0.0814 e. The molecule has 0 atom stereocenters. The summed E-state index contributed by atoms with van der Waals surface area (Å²) in [6, 6.07) is 4.04. The molecule has 0 spiro atoms. The van der Waals surface area contributed by atoms with Crippen molar-refractivity contribution in [3.05, 3.63) is 22.9 Å². The SMILES string of the molecule is B.N.c1ccsc1. The summed E-state index contributed by atoms with van der Waals surface area (Å²) >= 11 is 1.71. The first kappa shape index (κ1) is 9.87. The van der Waals surface area contributed by atoms with Crippen molar-refractivity contribution in [2.45, 2.75) is 0 Å². The molecule has 0 aliphatic carbocycles. The van der Waals surface area contributed by atoms with E-state index in [1.54, 1.807) is 11.3 Å². The lowest BCUT2D eigenvalue weighted by molar-refractivity contribution is 2.03. The third-order valence-corrected chi connectivity index (χ3v) is 1.05. The summed E-state index contributed by atoms with van der Waals surface area (Å²) < 4.78 is 0. The van der Waals surface area contributed by atoms with Gasteiger partial charge in [0.1, 0.15) is 0 Å². The second-order valence-corrected chi connectivity index (χ2v) is 1.61. The van der Waals surface area contributed by atoms with Crippen LogP contribution in [-0.4, -0.2) is 8.41 Å². The molecule has 1 heterocycles. The van der Waals surface area contributed by atoms with Gasteiger partial charge in [-0.25, -0.2) is 0 Å². The predicted molar refractivity (Wildman–Crippen MR) is 39.3 cm³/mol. The summed E-state index contributed by atoms with van der Waals surface area (Å²) in [6.45, 7) is 0.